The van der Waals surface area contributed by atoms with Crippen LogP contribution in [0.15, 0.2) is 24.3 Å². The first-order valence-electron chi connectivity index (χ1n) is 8.83. The van der Waals surface area contributed by atoms with E-state index in [2.05, 4.69) is 55.3 Å². The minimum atomic E-state index is 0.412. The molecular formula is C19H30N2O. The highest BCUT2D eigenvalue weighted by Crippen LogP contribution is 2.29. The Kier molecular flexibility index (Phi) is 5.17. The maximum absolute atomic E-state index is 5.72. The quantitative estimate of drug-likeness (QED) is 0.927. The number of benzene rings is 1. The second kappa shape index (κ2) is 7.12. The normalized spacial score (nSPS) is 30.6. The lowest BCUT2D eigenvalue weighted by Crippen LogP contribution is -2.52. The Morgan fingerprint density at radius 1 is 1.27 bits per heavy atom. The van der Waals surface area contributed by atoms with Crippen molar-refractivity contribution in [2.24, 2.45) is 0 Å². The van der Waals surface area contributed by atoms with E-state index < -0.39 is 0 Å². The maximum atomic E-state index is 5.72. The second-order valence-electron chi connectivity index (χ2n) is 7.14. The first kappa shape index (κ1) is 16.0. The fourth-order valence-corrected chi connectivity index (χ4v) is 3.97. The standard InChI is InChI=1S/C19H30N2O/c1-14(2)17-6-4-5-7-18(17)19-13-21(10-9-20-19)16-8-11-22-15(3)12-16/h4-7,14-16,19-20H,8-13H2,1-3H3. The van der Waals surface area contributed by atoms with Crippen LogP contribution in [0, 0.1) is 0 Å². The lowest BCUT2D eigenvalue weighted by Gasteiger charge is -2.42. The first-order valence-corrected chi connectivity index (χ1v) is 8.83. The summed E-state index contributed by atoms with van der Waals surface area (Å²) < 4.78 is 5.72. The Balaban J connectivity index is 1.73. The van der Waals surface area contributed by atoms with Gasteiger partial charge in [0.25, 0.3) is 0 Å². The van der Waals surface area contributed by atoms with E-state index in [1.165, 1.54) is 24.0 Å². The van der Waals surface area contributed by atoms with Crippen LogP contribution in [0.1, 0.15) is 56.7 Å². The largest absolute Gasteiger partial charge is 0.378 e. The third-order valence-electron chi connectivity index (χ3n) is 5.17. The van der Waals surface area contributed by atoms with E-state index in [1.807, 2.05) is 0 Å². The Hall–Kier alpha value is -0.900. The molecule has 3 nitrogen and oxygen atoms in total. The van der Waals surface area contributed by atoms with Gasteiger partial charge in [0.2, 0.25) is 0 Å². The number of rotatable bonds is 3. The summed E-state index contributed by atoms with van der Waals surface area (Å²) in [6.45, 7) is 11.1. The summed E-state index contributed by atoms with van der Waals surface area (Å²) in [5.41, 5.74) is 2.98. The van der Waals surface area contributed by atoms with Gasteiger partial charge in [-0.1, -0.05) is 38.1 Å². The van der Waals surface area contributed by atoms with Crippen molar-refractivity contribution in [3.8, 4) is 0 Å². The van der Waals surface area contributed by atoms with Gasteiger partial charge >= 0.3 is 0 Å². The van der Waals surface area contributed by atoms with Crippen LogP contribution in [0.5, 0.6) is 0 Å². The van der Waals surface area contributed by atoms with Crippen LogP contribution in [0.4, 0.5) is 0 Å². The number of piperazine rings is 1. The average molecular weight is 302 g/mol. The Morgan fingerprint density at radius 3 is 2.86 bits per heavy atom. The van der Waals surface area contributed by atoms with E-state index in [-0.39, 0.29) is 0 Å². The Bertz CT molecular complexity index is 488. The first-order chi connectivity index (χ1) is 10.6. The zero-order valence-electron chi connectivity index (χ0n) is 14.2. The van der Waals surface area contributed by atoms with E-state index in [1.54, 1.807) is 0 Å². The van der Waals surface area contributed by atoms with Crippen molar-refractivity contribution in [1.29, 1.82) is 0 Å². The molecule has 0 amide bonds. The zero-order valence-corrected chi connectivity index (χ0v) is 14.2. The summed E-state index contributed by atoms with van der Waals surface area (Å²) >= 11 is 0. The molecule has 3 unspecified atom stereocenters. The number of hydrogen-bond acceptors (Lipinski definition) is 3. The number of nitrogens with one attached hydrogen (secondary N) is 1. The molecule has 2 aliphatic rings. The molecule has 0 spiro atoms. The van der Waals surface area contributed by atoms with Crippen molar-refractivity contribution < 1.29 is 4.74 Å². The smallest absolute Gasteiger partial charge is 0.0561 e. The summed E-state index contributed by atoms with van der Waals surface area (Å²) in [5, 5.41) is 3.74. The second-order valence-corrected chi connectivity index (χ2v) is 7.14. The summed E-state index contributed by atoms with van der Waals surface area (Å²) in [5.74, 6) is 0.580. The predicted octanol–water partition coefficient (Wildman–Crippen LogP) is 3.32. The van der Waals surface area contributed by atoms with Gasteiger partial charge in [-0.3, -0.25) is 4.90 Å². The van der Waals surface area contributed by atoms with Gasteiger partial charge < -0.3 is 10.1 Å². The predicted molar refractivity (Wildman–Crippen MR) is 91.3 cm³/mol. The fourth-order valence-electron chi connectivity index (χ4n) is 3.97. The lowest BCUT2D eigenvalue weighted by atomic mass is 9.91. The van der Waals surface area contributed by atoms with Gasteiger partial charge in [0.1, 0.15) is 0 Å². The molecule has 0 aromatic heterocycles. The van der Waals surface area contributed by atoms with Crippen LogP contribution in [-0.4, -0.2) is 43.3 Å². The van der Waals surface area contributed by atoms with Crippen molar-refractivity contribution in [3.63, 3.8) is 0 Å². The SMILES string of the molecule is CC1CC(N2CCNC(c3ccccc3C(C)C)C2)CCO1. The molecule has 3 heteroatoms. The van der Waals surface area contributed by atoms with Gasteiger partial charge in [-0.2, -0.15) is 0 Å². The molecule has 0 radical (unpaired) electrons. The average Bonchev–Trinajstić information content (AvgIpc) is 2.55. The van der Waals surface area contributed by atoms with Crippen molar-refractivity contribution in [3.05, 3.63) is 35.4 Å². The van der Waals surface area contributed by atoms with Crippen molar-refractivity contribution >= 4 is 0 Å². The molecule has 2 fully saturated rings. The highest BCUT2D eigenvalue weighted by Gasteiger charge is 2.30. The minimum Gasteiger partial charge on any atom is -0.378 e. The van der Waals surface area contributed by atoms with Crippen LogP contribution >= 0.6 is 0 Å². The van der Waals surface area contributed by atoms with Crippen LogP contribution in [0.25, 0.3) is 0 Å². The van der Waals surface area contributed by atoms with Crippen LogP contribution in [0.3, 0.4) is 0 Å². The molecule has 1 N–H and O–H groups in total. The lowest BCUT2D eigenvalue weighted by molar-refractivity contribution is -0.0234. The van der Waals surface area contributed by atoms with Gasteiger partial charge in [-0.25, -0.2) is 0 Å². The molecule has 0 saturated carbocycles. The van der Waals surface area contributed by atoms with E-state index in [0.717, 1.165) is 26.2 Å². The molecule has 22 heavy (non-hydrogen) atoms. The molecule has 1 aromatic rings. The van der Waals surface area contributed by atoms with E-state index >= 15 is 0 Å². The van der Waals surface area contributed by atoms with Crippen LogP contribution in [-0.2, 0) is 4.74 Å². The van der Waals surface area contributed by atoms with Crippen molar-refractivity contribution in [1.82, 2.24) is 10.2 Å². The van der Waals surface area contributed by atoms with Gasteiger partial charge in [0.05, 0.1) is 6.10 Å². The van der Waals surface area contributed by atoms with Gasteiger partial charge in [0, 0.05) is 38.3 Å². The number of hydrogen-bond donors (Lipinski definition) is 1. The zero-order chi connectivity index (χ0) is 15.5. The highest BCUT2D eigenvalue weighted by atomic mass is 16.5. The summed E-state index contributed by atoms with van der Waals surface area (Å²) in [6.07, 6.45) is 2.77. The summed E-state index contributed by atoms with van der Waals surface area (Å²) in [4.78, 5) is 2.69. The van der Waals surface area contributed by atoms with Crippen molar-refractivity contribution in [2.45, 2.75) is 57.7 Å². The fraction of sp³-hybridized carbons (Fsp3) is 0.684. The highest BCUT2D eigenvalue weighted by molar-refractivity contribution is 5.33. The molecule has 2 saturated heterocycles. The third-order valence-corrected chi connectivity index (χ3v) is 5.17. The van der Waals surface area contributed by atoms with E-state index in [4.69, 9.17) is 4.74 Å². The molecule has 3 atom stereocenters. The molecule has 1 aromatic carbocycles. The van der Waals surface area contributed by atoms with E-state index in [9.17, 15) is 0 Å². The van der Waals surface area contributed by atoms with Gasteiger partial charge in [-0.05, 0) is 36.8 Å². The Morgan fingerprint density at radius 2 is 2.09 bits per heavy atom. The summed E-state index contributed by atoms with van der Waals surface area (Å²) in [7, 11) is 0. The van der Waals surface area contributed by atoms with Crippen LogP contribution < -0.4 is 5.32 Å². The number of ether oxygens (including phenoxy) is 1. The molecule has 122 valence electrons. The monoisotopic (exact) mass is 302 g/mol. The van der Waals surface area contributed by atoms with Gasteiger partial charge in [-0.15, -0.1) is 0 Å². The molecule has 3 rings (SSSR count). The van der Waals surface area contributed by atoms with Crippen molar-refractivity contribution in [2.75, 3.05) is 26.2 Å². The molecule has 2 aliphatic heterocycles. The molecule has 2 heterocycles. The molecule has 0 bridgehead atoms. The van der Waals surface area contributed by atoms with Crippen LogP contribution in [0.2, 0.25) is 0 Å². The third kappa shape index (κ3) is 3.53. The van der Waals surface area contributed by atoms with Gasteiger partial charge in [0.15, 0.2) is 0 Å². The van der Waals surface area contributed by atoms with E-state index in [0.29, 0.717) is 24.1 Å². The topological polar surface area (TPSA) is 24.5 Å². The summed E-state index contributed by atoms with van der Waals surface area (Å²) in [6, 6.07) is 10.1. The Labute approximate surface area is 135 Å². The number of nitrogens with zero attached hydrogens (tertiary/aromatic N) is 1. The molecule has 0 aliphatic carbocycles. The minimum absolute atomic E-state index is 0.412. The molecular weight excluding hydrogens is 272 g/mol. The maximum Gasteiger partial charge on any atom is 0.0561 e.